The molecule has 84 valence electrons. The van der Waals surface area contributed by atoms with Gasteiger partial charge < -0.3 is 15.7 Å². The Morgan fingerprint density at radius 2 is 1.79 bits per heavy atom. The van der Waals surface area contributed by atoms with Gasteiger partial charge in [-0.1, -0.05) is 0 Å². The number of carbonyl (C=O) groups excluding carboxylic acids is 1. The van der Waals surface area contributed by atoms with Crippen LogP contribution in [0.1, 0.15) is 34.6 Å². The molecule has 0 spiro atoms. The van der Waals surface area contributed by atoms with Crippen molar-refractivity contribution >= 4 is 5.91 Å². The fourth-order valence-corrected chi connectivity index (χ4v) is 0.777. The zero-order valence-corrected chi connectivity index (χ0v) is 9.77. The summed E-state index contributed by atoms with van der Waals surface area (Å²) in [5.74, 6) is -0.0511. The van der Waals surface area contributed by atoms with Crippen molar-refractivity contribution in [2.45, 2.75) is 45.8 Å². The predicted octanol–water partition coefficient (Wildman–Crippen LogP) is 0.262. The summed E-state index contributed by atoms with van der Waals surface area (Å²) >= 11 is 0. The maximum absolute atomic E-state index is 11.2. The summed E-state index contributed by atoms with van der Waals surface area (Å²) in [6.45, 7) is 9.90. The third kappa shape index (κ3) is 4.07. The molecule has 0 radical (unpaired) electrons. The monoisotopic (exact) mass is 202 g/mol. The van der Waals surface area contributed by atoms with E-state index in [-0.39, 0.29) is 12.5 Å². The van der Waals surface area contributed by atoms with Crippen molar-refractivity contribution in [3.05, 3.63) is 0 Å². The van der Waals surface area contributed by atoms with Crippen LogP contribution in [0.15, 0.2) is 0 Å². The molecule has 0 aromatic heterocycles. The second kappa shape index (κ2) is 4.75. The van der Waals surface area contributed by atoms with Gasteiger partial charge in [0.25, 0.3) is 0 Å². The minimum absolute atomic E-state index is 0.0511. The third-order valence-corrected chi connectivity index (χ3v) is 2.59. The van der Waals surface area contributed by atoms with Crippen LogP contribution < -0.4 is 10.6 Å². The summed E-state index contributed by atoms with van der Waals surface area (Å²) in [7, 11) is 0. The molecule has 3 N–H and O–H groups in total. The van der Waals surface area contributed by atoms with Crippen molar-refractivity contribution in [3.8, 4) is 0 Å². The van der Waals surface area contributed by atoms with Crippen LogP contribution in [0.5, 0.6) is 0 Å². The standard InChI is InChI=1S/C10H22N2O2/c1-6-11-8(13)7-12-9(2,3)10(4,5)14/h12,14H,6-7H2,1-5H3,(H,11,13). The first-order chi connectivity index (χ1) is 6.20. The molecule has 1 amide bonds. The van der Waals surface area contributed by atoms with Gasteiger partial charge in [-0.25, -0.2) is 0 Å². The van der Waals surface area contributed by atoms with Gasteiger partial charge in [-0.2, -0.15) is 0 Å². The Hall–Kier alpha value is -0.610. The largest absolute Gasteiger partial charge is 0.389 e. The Bertz CT molecular complexity index is 195. The lowest BCUT2D eigenvalue weighted by molar-refractivity contribution is -0.121. The van der Waals surface area contributed by atoms with Crippen molar-refractivity contribution in [1.29, 1.82) is 0 Å². The molecule has 4 nitrogen and oxygen atoms in total. The predicted molar refractivity (Wildman–Crippen MR) is 57.1 cm³/mol. The van der Waals surface area contributed by atoms with E-state index in [1.165, 1.54) is 0 Å². The lowest BCUT2D eigenvalue weighted by Gasteiger charge is -2.38. The van der Waals surface area contributed by atoms with E-state index in [9.17, 15) is 9.90 Å². The van der Waals surface area contributed by atoms with Gasteiger partial charge in [-0.15, -0.1) is 0 Å². The number of rotatable bonds is 5. The number of aliphatic hydroxyl groups is 1. The van der Waals surface area contributed by atoms with E-state index in [0.717, 1.165) is 0 Å². The van der Waals surface area contributed by atoms with Crippen molar-refractivity contribution < 1.29 is 9.90 Å². The maximum Gasteiger partial charge on any atom is 0.233 e. The summed E-state index contributed by atoms with van der Waals surface area (Å²) in [6.07, 6.45) is 0. The summed E-state index contributed by atoms with van der Waals surface area (Å²) in [5, 5.41) is 15.5. The first-order valence-electron chi connectivity index (χ1n) is 4.95. The Balaban J connectivity index is 4.06. The minimum Gasteiger partial charge on any atom is -0.389 e. The molecule has 0 aliphatic heterocycles. The van der Waals surface area contributed by atoms with Gasteiger partial charge in [0, 0.05) is 12.1 Å². The van der Waals surface area contributed by atoms with Gasteiger partial charge in [0.1, 0.15) is 0 Å². The summed E-state index contributed by atoms with van der Waals surface area (Å²) in [4.78, 5) is 11.2. The molecule has 0 saturated heterocycles. The molecule has 14 heavy (non-hydrogen) atoms. The maximum atomic E-state index is 11.2. The molecule has 0 fully saturated rings. The summed E-state index contributed by atoms with van der Waals surface area (Å²) < 4.78 is 0. The molecule has 4 heteroatoms. The molecule has 0 saturated carbocycles. The van der Waals surface area contributed by atoms with Crippen LogP contribution in [0.2, 0.25) is 0 Å². The number of amides is 1. The van der Waals surface area contributed by atoms with E-state index in [2.05, 4.69) is 10.6 Å². The molecule has 0 heterocycles. The Morgan fingerprint density at radius 1 is 1.29 bits per heavy atom. The van der Waals surface area contributed by atoms with E-state index in [0.29, 0.717) is 6.54 Å². The first kappa shape index (κ1) is 13.4. The van der Waals surface area contributed by atoms with Crippen molar-refractivity contribution in [3.63, 3.8) is 0 Å². The minimum atomic E-state index is -0.862. The Kier molecular flexibility index (Phi) is 4.55. The molecule has 0 aliphatic carbocycles. The molecular weight excluding hydrogens is 180 g/mol. The van der Waals surface area contributed by atoms with Gasteiger partial charge in [0.15, 0.2) is 0 Å². The second-order valence-electron chi connectivity index (χ2n) is 4.49. The van der Waals surface area contributed by atoms with E-state index in [4.69, 9.17) is 0 Å². The topological polar surface area (TPSA) is 61.4 Å². The summed E-state index contributed by atoms with van der Waals surface area (Å²) in [6, 6.07) is 0. The zero-order valence-electron chi connectivity index (χ0n) is 9.77. The van der Waals surface area contributed by atoms with Crippen LogP contribution in [0.25, 0.3) is 0 Å². The molecule has 0 atom stereocenters. The Labute approximate surface area is 86.1 Å². The highest BCUT2D eigenvalue weighted by Crippen LogP contribution is 2.19. The zero-order chi connectivity index (χ0) is 11.4. The van der Waals surface area contributed by atoms with E-state index < -0.39 is 11.1 Å². The molecule has 0 unspecified atom stereocenters. The fourth-order valence-electron chi connectivity index (χ4n) is 0.777. The van der Waals surface area contributed by atoms with Gasteiger partial charge in [0.2, 0.25) is 5.91 Å². The van der Waals surface area contributed by atoms with E-state index in [1.54, 1.807) is 13.8 Å². The van der Waals surface area contributed by atoms with Gasteiger partial charge >= 0.3 is 0 Å². The molecular formula is C10H22N2O2. The van der Waals surface area contributed by atoms with Crippen molar-refractivity contribution in [2.24, 2.45) is 0 Å². The van der Waals surface area contributed by atoms with Crippen LogP contribution in [-0.4, -0.2) is 35.2 Å². The summed E-state index contributed by atoms with van der Waals surface area (Å²) in [5.41, 5.74) is -1.35. The van der Waals surface area contributed by atoms with Crippen molar-refractivity contribution in [2.75, 3.05) is 13.1 Å². The van der Waals surface area contributed by atoms with E-state index in [1.807, 2.05) is 20.8 Å². The lowest BCUT2D eigenvalue weighted by Crippen LogP contribution is -2.57. The van der Waals surface area contributed by atoms with Crippen LogP contribution >= 0.6 is 0 Å². The SMILES string of the molecule is CCNC(=O)CNC(C)(C)C(C)(C)O. The van der Waals surface area contributed by atoms with Gasteiger partial charge in [-0.3, -0.25) is 4.79 Å². The average Bonchev–Trinajstić information content (AvgIpc) is 1.99. The Morgan fingerprint density at radius 3 is 2.14 bits per heavy atom. The molecule has 0 rings (SSSR count). The second-order valence-corrected chi connectivity index (χ2v) is 4.49. The van der Waals surface area contributed by atoms with Crippen LogP contribution in [0.3, 0.4) is 0 Å². The number of likely N-dealkylation sites (N-methyl/N-ethyl adjacent to an activating group) is 1. The molecule has 0 aromatic rings. The average molecular weight is 202 g/mol. The quantitative estimate of drug-likeness (QED) is 0.599. The lowest BCUT2D eigenvalue weighted by atomic mass is 9.86. The fraction of sp³-hybridized carbons (Fsp3) is 0.900. The smallest absolute Gasteiger partial charge is 0.233 e. The highest BCUT2D eigenvalue weighted by molar-refractivity contribution is 5.78. The third-order valence-electron chi connectivity index (χ3n) is 2.59. The van der Waals surface area contributed by atoms with Gasteiger partial charge in [-0.05, 0) is 34.6 Å². The molecule has 0 bridgehead atoms. The van der Waals surface area contributed by atoms with E-state index >= 15 is 0 Å². The number of hydrogen-bond acceptors (Lipinski definition) is 3. The van der Waals surface area contributed by atoms with Crippen LogP contribution in [0.4, 0.5) is 0 Å². The first-order valence-corrected chi connectivity index (χ1v) is 4.95. The highest BCUT2D eigenvalue weighted by Gasteiger charge is 2.34. The molecule has 0 aromatic carbocycles. The number of carbonyl (C=O) groups is 1. The number of nitrogens with one attached hydrogen (secondary N) is 2. The normalized spacial score (nSPS) is 12.7. The van der Waals surface area contributed by atoms with Gasteiger partial charge in [0.05, 0.1) is 12.1 Å². The number of hydrogen-bond donors (Lipinski definition) is 3. The highest BCUT2D eigenvalue weighted by atomic mass is 16.3. The molecule has 0 aliphatic rings. The van der Waals surface area contributed by atoms with Crippen LogP contribution in [-0.2, 0) is 4.79 Å². The van der Waals surface area contributed by atoms with Crippen molar-refractivity contribution in [1.82, 2.24) is 10.6 Å². The van der Waals surface area contributed by atoms with Crippen LogP contribution in [0, 0.1) is 0 Å².